The van der Waals surface area contributed by atoms with Crippen molar-refractivity contribution in [2.24, 2.45) is 0 Å². The topological polar surface area (TPSA) is 27.0 Å². The van der Waals surface area contributed by atoms with Crippen molar-refractivity contribution in [2.75, 3.05) is 0 Å². The average molecular weight is 217 g/mol. The molecule has 0 aromatic heterocycles. The van der Waals surface area contributed by atoms with Gasteiger partial charge in [-0.1, -0.05) is 39.3 Å². The predicted octanol–water partition coefficient (Wildman–Crippen LogP) is -3.45. The van der Waals surface area contributed by atoms with Crippen LogP contribution >= 0.6 is 0 Å². The minimum atomic E-state index is -1.74. The smallest absolute Gasteiger partial charge is 0.668 e. The third-order valence-electron chi connectivity index (χ3n) is 1.45. The molecule has 0 bridgehead atoms. The molecule has 0 aliphatic heterocycles. The van der Waals surface area contributed by atoms with Gasteiger partial charge in [-0.3, -0.25) is 0 Å². The molecule has 0 heterocycles. The van der Waals surface area contributed by atoms with Gasteiger partial charge in [0.25, 0.3) is 0 Å². The zero-order chi connectivity index (χ0) is 9.23. The van der Waals surface area contributed by atoms with Crippen molar-refractivity contribution in [2.45, 2.75) is 39.3 Å². The van der Waals surface area contributed by atoms with E-state index in [0.717, 1.165) is 0 Å². The zero-order valence-corrected chi connectivity index (χ0v) is 13.4. The second-order valence-corrected chi connectivity index (χ2v) is 13.4. The molecule has 0 saturated heterocycles. The molecule has 7 heteroatoms. The maximum Gasteiger partial charge on any atom is 1.00 e. The van der Waals surface area contributed by atoms with E-state index in [0.29, 0.717) is 0 Å². The molecular formula is C6H19Li2N2Si3+. The van der Waals surface area contributed by atoms with Crippen molar-refractivity contribution in [3.8, 4) is 0 Å². The summed E-state index contributed by atoms with van der Waals surface area (Å²) in [5, 5.41) is 8.07. The van der Waals surface area contributed by atoms with Crippen LogP contribution in [-0.2, 0) is 0 Å². The SMILES string of the molecule is C[Si](C)N([Si](C)C)[Si](C)(C)[NH-].[Li+].[Li+]. The third kappa shape index (κ3) is 7.67. The fourth-order valence-corrected chi connectivity index (χ4v) is 14.1. The van der Waals surface area contributed by atoms with E-state index in [9.17, 15) is 0 Å². The molecule has 13 heavy (non-hydrogen) atoms. The Morgan fingerprint density at radius 2 is 1.15 bits per heavy atom. The molecule has 66 valence electrons. The minimum Gasteiger partial charge on any atom is -0.668 e. The second kappa shape index (κ2) is 7.98. The first kappa shape index (κ1) is 20.2. The van der Waals surface area contributed by atoms with Gasteiger partial charge in [-0.15, -0.1) is 0 Å². The standard InChI is InChI=1S/C6H19N2Si3.2Li/c1-9(2)8(10(3)4)11(5,6)7;;/h7H,1-6H3;;/q-1;2*+1. The van der Waals surface area contributed by atoms with Gasteiger partial charge < -0.3 is 9.30 Å². The number of rotatable bonds is 3. The monoisotopic (exact) mass is 217 g/mol. The van der Waals surface area contributed by atoms with Crippen LogP contribution < -0.4 is 37.7 Å². The van der Waals surface area contributed by atoms with Gasteiger partial charge in [0.1, 0.15) is 17.9 Å². The fourth-order valence-electron chi connectivity index (χ4n) is 1.57. The van der Waals surface area contributed by atoms with Gasteiger partial charge in [0.2, 0.25) is 0 Å². The summed E-state index contributed by atoms with van der Waals surface area (Å²) in [5.74, 6) is 0. The van der Waals surface area contributed by atoms with E-state index in [2.05, 4.69) is 43.2 Å². The number of nitrogens with zero attached hydrogens (tertiary/aromatic N) is 1. The van der Waals surface area contributed by atoms with E-state index in [1.807, 2.05) is 0 Å². The Morgan fingerprint density at radius 1 is 0.923 bits per heavy atom. The molecule has 0 aromatic carbocycles. The third-order valence-corrected chi connectivity index (χ3v) is 13.1. The van der Waals surface area contributed by atoms with Gasteiger partial charge in [0.05, 0.1) is 0 Å². The van der Waals surface area contributed by atoms with E-state index < -0.39 is 8.40 Å². The largest absolute Gasteiger partial charge is 1.00 e. The quantitative estimate of drug-likeness (QED) is 0.452. The fraction of sp³-hybridized carbons (Fsp3) is 1.00. The van der Waals surface area contributed by atoms with Gasteiger partial charge in [0.15, 0.2) is 0 Å². The summed E-state index contributed by atoms with van der Waals surface area (Å²) in [5.41, 5.74) is 0. The van der Waals surface area contributed by atoms with E-state index in [1.54, 1.807) is 0 Å². The van der Waals surface area contributed by atoms with Crippen LogP contribution in [0.15, 0.2) is 0 Å². The van der Waals surface area contributed by atoms with Crippen molar-refractivity contribution in [1.29, 1.82) is 0 Å². The van der Waals surface area contributed by atoms with Crippen LogP contribution in [0.4, 0.5) is 0 Å². The van der Waals surface area contributed by atoms with Crippen LogP contribution in [0.5, 0.6) is 0 Å². The Bertz CT molecular complexity index is 120. The zero-order valence-electron chi connectivity index (χ0n) is 10.4. The van der Waals surface area contributed by atoms with Crippen LogP contribution in [0, 0.1) is 0 Å². The van der Waals surface area contributed by atoms with E-state index >= 15 is 0 Å². The molecule has 0 spiro atoms. The molecule has 0 fully saturated rings. The van der Waals surface area contributed by atoms with Gasteiger partial charge >= 0.3 is 37.7 Å². The maximum atomic E-state index is 8.07. The number of hydrogen-bond acceptors (Lipinski definition) is 1. The summed E-state index contributed by atoms with van der Waals surface area (Å²) >= 11 is 0. The van der Waals surface area contributed by atoms with Crippen LogP contribution in [0.1, 0.15) is 0 Å². The van der Waals surface area contributed by atoms with Crippen molar-refractivity contribution in [3.63, 3.8) is 0 Å². The molecule has 2 radical (unpaired) electrons. The van der Waals surface area contributed by atoms with Crippen molar-refractivity contribution < 1.29 is 37.7 Å². The number of nitrogens with one attached hydrogen (secondary N) is 1. The molecule has 0 unspecified atom stereocenters. The Hall–Kier alpha value is 1.77. The molecule has 0 saturated carbocycles. The van der Waals surface area contributed by atoms with Crippen LogP contribution in [-0.4, -0.2) is 30.2 Å². The van der Waals surface area contributed by atoms with Gasteiger partial charge in [-0.25, -0.2) is 0 Å². The summed E-state index contributed by atoms with van der Waals surface area (Å²) in [4.78, 5) is 0. The molecule has 0 aliphatic rings. The Morgan fingerprint density at radius 3 is 1.15 bits per heavy atom. The van der Waals surface area contributed by atoms with Crippen LogP contribution in [0.3, 0.4) is 0 Å². The van der Waals surface area contributed by atoms with E-state index in [-0.39, 0.29) is 55.6 Å². The first-order valence-electron chi connectivity index (χ1n) is 3.92. The number of hydrogen-bond donors (Lipinski definition) is 0. The maximum absolute atomic E-state index is 8.07. The normalized spacial score (nSPS) is 11.5. The van der Waals surface area contributed by atoms with Crippen molar-refractivity contribution >= 4 is 26.3 Å². The summed E-state index contributed by atoms with van der Waals surface area (Å²) in [6.45, 7) is 13.4. The van der Waals surface area contributed by atoms with E-state index in [4.69, 9.17) is 5.40 Å². The van der Waals surface area contributed by atoms with Gasteiger partial charge in [-0.2, -0.15) is 0 Å². The molecule has 0 amide bonds. The molecular weight excluding hydrogens is 198 g/mol. The minimum absolute atomic E-state index is 0. The van der Waals surface area contributed by atoms with Crippen molar-refractivity contribution in [1.82, 2.24) is 3.90 Å². The molecule has 1 N–H and O–H groups in total. The van der Waals surface area contributed by atoms with Gasteiger partial charge in [-0.05, 0) is 8.40 Å². The van der Waals surface area contributed by atoms with Crippen LogP contribution in [0.25, 0.3) is 5.40 Å². The first-order valence-corrected chi connectivity index (χ1v) is 11.8. The van der Waals surface area contributed by atoms with E-state index in [1.165, 1.54) is 0 Å². The Balaban J connectivity index is -0.000000500. The molecule has 0 aromatic rings. The molecule has 0 rings (SSSR count). The second-order valence-electron chi connectivity index (χ2n) is 3.79. The summed E-state index contributed by atoms with van der Waals surface area (Å²) in [6, 6.07) is 0. The Kier molecular flexibility index (Phi) is 12.4. The van der Waals surface area contributed by atoms with Crippen molar-refractivity contribution in [3.05, 3.63) is 5.40 Å². The predicted molar refractivity (Wildman–Crippen MR) is 58.6 cm³/mol. The summed E-state index contributed by atoms with van der Waals surface area (Å²) in [7, 11) is -2.49. The average Bonchev–Trinajstić information content (AvgIpc) is 1.54. The molecule has 0 atom stereocenters. The molecule has 2 nitrogen and oxygen atoms in total. The summed E-state index contributed by atoms with van der Waals surface area (Å²) in [6.07, 6.45) is 0. The molecule has 0 aliphatic carbocycles. The summed E-state index contributed by atoms with van der Waals surface area (Å²) < 4.78 is 2.53. The Labute approximate surface area is 112 Å². The first-order chi connectivity index (χ1) is 4.76. The van der Waals surface area contributed by atoms with Crippen LogP contribution in [0.2, 0.25) is 39.3 Å². The van der Waals surface area contributed by atoms with Gasteiger partial charge in [0, 0.05) is 0 Å².